The summed E-state index contributed by atoms with van der Waals surface area (Å²) in [6, 6.07) is 8.61. The van der Waals surface area contributed by atoms with Gasteiger partial charge >= 0.3 is 5.92 Å². The molecule has 0 radical (unpaired) electrons. The van der Waals surface area contributed by atoms with E-state index in [1.54, 1.807) is 39.8 Å². The van der Waals surface area contributed by atoms with Gasteiger partial charge in [0.2, 0.25) is 0 Å². The molecule has 0 amide bonds. The smallest absolute Gasteiger partial charge is 0.331 e. The van der Waals surface area contributed by atoms with Crippen molar-refractivity contribution in [1.29, 1.82) is 0 Å². The van der Waals surface area contributed by atoms with Crippen LogP contribution in [0, 0.1) is 17.0 Å². The molecule has 166 valence electrons. The highest BCUT2D eigenvalue weighted by molar-refractivity contribution is 5.09. The Kier molecular flexibility index (Phi) is 12.4. The minimum Gasteiger partial charge on any atom is -0.618 e. The Morgan fingerprint density at radius 1 is 0.862 bits per heavy atom. The van der Waals surface area contributed by atoms with Crippen LogP contribution in [-0.4, -0.2) is 4.98 Å². The number of hydrogen-bond donors (Lipinski definition) is 0. The van der Waals surface area contributed by atoms with Gasteiger partial charge in [0.25, 0.3) is 11.6 Å². The van der Waals surface area contributed by atoms with Crippen LogP contribution in [-0.2, 0) is 11.8 Å². The van der Waals surface area contributed by atoms with Gasteiger partial charge in [0.15, 0.2) is 6.20 Å². The third kappa shape index (κ3) is 9.72. The molecule has 0 bridgehead atoms. The quantitative estimate of drug-likeness (QED) is 0.289. The third-order valence-electron chi connectivity index (χ3n) is 3.57. The lowest BCUT2D eigenvalue weighted by Gasteiger charge is -2.17. The van der Waals surface area contributed by atoms with E-state index in [2.05, 4.69) is 4.98 Å². The zero-order valence-electron chi connectivity index (χ0n) is 16.0. The Labute approximate surface area is 172 Å². The Bertz CT molecular complexity index is 692. The fraction of sp³-hybridized carbons (Fsp3) is 0.545. The molecule has 2 heterocycles. The van der Waals surface area contributed by atoms with Gasteiger partial charge in [0.05, 0.1) is 0 Å². The Hall–Kier alpha value is -2.18. The number of rotatable bonds is 6. The SMILES string of the molecule is C.C.CC(C)CC(F)(F)c1cccc[n+]1[O-].CC(C)CC(F)(F)c1ccccn1. The summed E-state index contributed by atoms with van der Waals surface area (Å²) in [5, 5.41) is 11.1. The van der Waals surface area contributed by atoms with Crippen LogP contribution in [0.2, 0.25) is 0 Å². The molecular weight excluding hydrogens is 384 g/mol. The third-order valence-corrected chi connectivity index (χ3v) is 3.57. The van der Waals surface area contributed by atoms with Gasteiger partial charge in [-0.15, -0.1) is 0 Å². The van der Waals surface area contributed by atoms with Crippen LogP contribution in [0.5, 0.6) is 0 Å². The monoisotopic (exact) mass is 418 g/mol. The molecular formula is C22H34F4N2O. The van der Waals surface area contributed by atoms with Crippen LogP contribution in [0.1, 0.15) is 66.8 Å². The molecule has 0 aliphatic rings. The molecule has 0 saturated heterocycles. The molecule has 0 aliphatic carbocycles. The van der Waals surface area contributed by atoms with Gasteiger partial charge in [-0.25, -0.2) is 0 Å². The first kappa shape index (κ1) is 29.0. The van der Waals surface area contributed by atoms with Gasteiger partial charge in [0.1, 0.15) is 5.69 Å². The molecule has 0 atom stereocenters. The van der Waals surface area contributed by atoms with Crippen molar-refractivity contribution in [3.8, 4) is 0 Å². The number of nitrogens with zero attached hydrogens (tertiary/aromatic N) is 2. The normalized spacial score (nSPS) is 11.2. The first-order valence-electron chi connectivity index (χ1n) is 8.81. The molecule has 0 aliphatic heterocycles. The molecule has 0 fully saturated rings. The second-order valence-corrected chi connectivity index (χ2v) is 7.23. The Morgan fingerprint density at radius 3 is 1.83 bits per heavy atom. The van der Waals surface area contributed by atoms with E-state index in [4.69, 9.17) is 0 Å². The van der Waals surface area contributed by atoms with Crippen LogP contribution in [0.3, 0.4) is 0 Å². The zero-order chi connectivity index (χ0) is 20.7. The summed E-state index contributed by atoms with van der Waals surface area (Å²) in [5.74, 6) is -6.02. The van der Waals surface area contributed by atoms with Gasteiger partial charge in [-0.3, -0.25) is 4.98 Å². The second-order valence-electron chi connectivity index (χ2n) is 7.23. The van der Waals surface area contributed by atoms with E-state index in [0.29, 0.717) is 0 Å². The number of hydrogen-bond acceptors (Lipinski definition) is 2. The summed E-state index contributed by atoms with van der Waals surface area (Å²) >= 11 is 0. The number of halogens is 4. The molecule has 7 heteroatoms. The number of aromatic nitrogens is 2. The molecule has 0 aromatic carbocycles. The van der Waals surface area contributed by atoms with Crippen molar-refractivity contribution < 1.29 is 22.3 Å². The summed E-state index contributed by atoms with van der Waals surface area (Å²) < 4.78 is 53.8. The Morgan fingerprint density at radius 2 is 1.38 bits per heavy atom. The van der Waals surface area contributed by atoms with E-state index in [-0.39, 0.29) is 50.0 Å². The van der Waals surface area contributed by atoms with Gasteiger partial charge in [-0.2, -0.15) is 22.3 Å². The highest BCUT2D eigenvalue weighted by Gasteiger charge is 2.39. The lowest BCUT2D eigenvalue weighted by atomic mass is 10.0. The predicted molar refractivity (Wildman–Crippen MR) is 110 cm³/mol. The average Bonchev–Trinajstić information content (AvgIpc) is 2.54. The van der Waals surface area contributed by atoms with Crippen LogP contribution in [0.15, 0.2) is 48.8 Å². The minimum absolute atomic E-state index is 0. The summed E-state index contributed by atoms with van der Waals surface area (Å²) in [6.07, 6.45) is 2.02. The van der Waals surface area contributed by atoms with Gasteiger partial charge in [0, 0.05) is 31.2 Å². The number of alkyl halides is 4. The molecule has 29 heavy (non-hydrogen) atoms. The van der Waals surface area contributed by atoms with Crippen molar-refractivity contribution in [2.24, 2.45) is 11.8 Å². The molecule has 2 rings (SSSR count). The van der Waals surface area contributed by atoms with E-state index in [0.717, 1.165) is 12.3 Å². The summed E-state index contributed by atoms with van der Waals surface area (Å²) in [7, 11) is 0. The van der Waals surface area contributed by atoms with Crippen molar-refractivity contribution in [1.82, 2.24) is 4.98 Å². The molecule has 0 saturated carbocycles. The summed E-state index contributed by atoms with van der Waals surface area (Å²) in [6.45, 7) is 6.95. The van der Waals surface area contributed by atoms with Gasteiger partial charge < -0.3 is 5.21 Å². The highest BCUT2D eigenvalue weighted by Crippen LogP contribution is 2.33. The Balaban J connectivity index is 0. The lowest BCUT2D eigenvalue weighted by Crippen LogP contribution is -2.38. The molecule has 0 spiro atoms. The highest BCUT2D eigenvalue weighted by atomic mass is 19.3. The maximum absolute atomic E-state index is 13.4. The largest absolute Gasteiger partial charge is 0.618 e. The van der Waals surface area contributed by atoms with Crippen LogP contribution < -0.4 is 4.73 Å². The first-order chi connectivity index (χ1) is 12.5. The maximum Gasteiger partial charge on any atom is 0.331 e. The van der Waals surface area contributed by atoms with E-state index in [1.807, 2.05) is 0 Å². The predicted octanol–water partition coefficient (Wildman–Crippen LogP) is 6.95. The van der Waals surface area contributed by atoms with Crippen molar-refractivity contribution >= 4 is 0 Å². The van der Waals surface area contributed by atoms with E-state index in [1.165, 1.54) is 24.4 Å². The minimum atomic E-state index is -3.04. The van der Waals surface area contributed by atoms with E-state index < -0.39 is 17.5 Å². The van der Waals surface area contributed by atoms with Crippen molar-refractivity contribution in [3.63, 3.8) is 0 Å². The first-order valence-corrected chi connectivity index (χ1v) is 8.81. The second kappa shape index (κ2) is 12.4. The standard InChI is InChI=1S/C10H13F2NO.C10H13F2N.2CH4/c1-8(2)7-10(11,12)9-5-3-4-6-13(9)14;1-8(2)7-10(11,12)9-5-3-4-6-13-9;;/h3-6,8H,7H2,1-2H3;3-6,8H,7H2,1-2H3;2*1H4. The van der Waals surface area contributed by atoms with Crippen molar-refractivity contribution in [2.45, 2.75) is 67.2 Å². The topological polar surface area (TPSA) is 39.8 Å². The van der Waals surface area contributed by atoms with Crippen LogP contribution in [0.25, 0.3) is 0 Å². The van der Waals surface area contributed by atoms with Crippen LogP contribution >= 0.6 is 0 Å². The fourth-order valence-corrected chi connectivity index (χ4v) is 2.53. The molecule has 0 N–H and O–H groups in total. The van der Waals surface area contributed by atoms with Crippen molar-refractivity contribution in [3.05, 3.63) is 65.4 Å². The zero-order valence-corrected chi connectivity index (χ0v) is 16.0. The summed E-state index contributed by atoms with van der Waals surface area (Å²) in [4.78, 5) is 3.65. The molecule has 2 aromatic heterocycles. The molecule has 2 aromatic rings. The van der Waals surface area contributed by atoms with Gasteiger partial charge in [-0.1, -0.05) is 48.6 Å². The van der Waals surface area contributed by atoms with Crippen molar-refractivity contribution in [2.75, 3.05) is 0 Å². The van der Waals surface area contributed by atoms with Gasteiger partial charge in [-0.05, 0) is 30.0 Å². The van der Waals surface area contributed by atoms with E-state index in [9.17, 15) is 22.8 Å². The van der Waals surface area contributed by atoms with E-state index >= 15 is 0 Å². The number of pyridine rings is 2. The molecule has 3 nitrogen and oxygen atoms in total. The fourth-order valence-electron chi connectivity index (χ4n) is 2.53. The molecule has 0 unspecified atom stereocenters. The average molecular weight is 419 g/mol. The maximum atomic E-state index is 13.4. The van der Waals surface area contributed by atoms with Crippen LogP contribution in [0.4, 0.5) is 17.6 Å². The lowest BCUT2D eigenvalue weighted by molar-refractivity contribution is -0.625. The summed E-state index contributed by atoms with van der Waals surface area (Å²) in [5.41, 5.74) is -0.614.